The maximum atomic E-state index is 12.8. The molecule has 0 amide bonds. The Kier molecular flexibility index (Phi) is 45.0. The molecule has 0 aliphatic carbocycles. The second-order valence-electron chi connectivity index (χ2n) is 18.1. The van der Waals surface area contributed by atoms with Crippen molar-refractivity contribution in [2.45, 2.75) is 200 Å². The van der Waals surface area contributed by atoms with Gasteiger partial charge in [-0.1, -0.05) is 175 Å². The Balaban J connectivity index is 4.44. The molecule has 2 unspecified atom stereocenters. The Hall–Kier alpha value is -3.79. The van der Waals surface area contributed by atoms with E-state index in [1.807, 2.05) is 21.1 Å². The summed E-state index contributed by atoms with van der Waals surface area (Å²) in [5, 5.41) is 11.7. The van der Waals surface area contributed by atoms with Crippen LogP contribution in [0.4, 0.5) is 0 Å². The van der Waals surface area contributed by atoms with Gasteiger partial charge in [-0.15, -0.1) is 0 Å². The Morgan fingerprint density at radius 1 is 0.470 bits per heavy atom. The van der Waals surface area contributed by atoms with Gasteiger partial charge in [0.2, 0.25) is 0 Å². The average Bonchev–Trinajstić information content (AvgIpc) is 3.28. The highest BCUT2D eigenvalue weighted by atomic mass is 16.7. The van der Waals surface area contributed by atoms with Gasteiger partial charge in [-0.25, -0.2) is 0 Å². The van der Waals surface area contributed by atoms with E-state index in [-0.39, 0.29) is 38.6 Å². The lowest BCUT2D eigenvalue weighted by Crippen LogP contribution is -2.44. The first kappa shape index (κ1) is 62.2. The maximum Gasteiger partial charge on any atom is 0.306 e. The molecule has 0 N–H and O–H groups in total. The van der Waals surface area contributed by atoms with Crippen LogP contribution in [-0.2, 0) is 33.3 Å². The number of nitrogens with zero attached hydrogens (tertiary/aromatic N) is 1. The molecule has 376 valence electrons. The molecule has 0 fully saturated rings. The number of hydrogen-bond acceptors (Lipinski definition) is 8. The number of quaternary nitrogens is 1. The zero-order valence-corrected chi connectivity index (χ0v) is 42.5. The van der Waals surface area contributed by atoms with E-state index >= 15 is 0 Å². The predicted octanol–water partition coefficient (Wildman–Crippen LogP) is 13.3. The zero-order chi connectivity index (χ0) is 48.4. The number of carboxylic acids is 1. The van der Waals surface area contributed by atoms with Crippen molar-refractivity contribution in [3.05, 3.63) is 97.2 Å². The van der Waals surface area contributed by atoms with Crippen LogP contribution in [0.5, 0.6) is 0 Å². The molecule has 2 atom stereocenters. The van der Waals surface area contributed by atoms with Crippen molar-refractivity contribution in [1.82, 2.24) is 0 Å². The quantitative estimate of drug-likeness (QED) is 0.0195. The Morgan fingerprint density at radius 2 is 0.864 bits per heavy atom. The minimum atomic E-state index is -1.64. The summed E-state index contributed by atoms with van der Waals surface area (Å²) in [7, 11) is 5.89. The Bertz CT molecular complexity index is 1400. The smallest absolute Gasteiger partial charge is 0.306 e. The van der Waals surface area contributed by atoms with Gasteiger partial charge < -0.3 is 33.3 Å². The third-order valence-electron chi connectivity index (χ3n) is 10.6. The van der Waals surface area contributed by atoms with Crippen molar-refractivity contribution in [2.75, 3.05) is 47.5 Å². The summed E-state index contributed by atoms with van der Waals surface area (Å²) in [6.07, 6.45) is 60.1. The molecule has 9 heteroatoms. The van der Waals surface area contributed by atoms with E-state index in [2.05, 4.69) is 111 Å². The van der Waals surface area contributed by atoms with Gasteiger partial charge in [0.15, 0.2) is 12.4 Å². The first-order valence-corrected chi connectivity index (χ1v) is 25.9. The third-order valence-corrected chi connectivity index (χ3v) is 10.6. The van der Waals surface area contributed by atoms with E-state index in [1.165, 1.54) is 51.4 Å². The number of hydrogen-bond donors (Lipinski definition) is 0. The van der Waals surface area contributed by atoms with Gasteiger partial charge in [0.05, 0.1) is 40.3 Å². The van der Waals surface area contributed by atoms with Crippen molar-refractivity contribution in [2.24, 2.45) is 0 Å². The van der Waals surface area contributed by atoms with Crippen LogP contribution in [0.15, 0.2) is 97.2 Å². The van der Waals surface area contributed by atoms with Crippen LogP contribution in [-0.4, -0.2) is 82.3 Å². The van der Waals surface area contributed by atoms with Gasteiger partial charge in [-0.2, -0.15) is 0 Å². The van der Waals surface area contributed by atoms with Crippen molar-refractivity contribution in [3.8, 4) is 0 Å². The molecule has 0 radical (unpaired) electrons. The molecule has 0 bridgehead atoms. The van der Waals surface area contributed by atoms with Crippen LogP contribution in [0.25, 0.3) is 0 Å². The molecule has 66 heavy (non-hydrogen) atoms. The van der Waals surface area contributed by atoms with Crippen molar-refractivity contribution in [1.29, 1.82) is 0 Å². The highest BCUT2D eigenvalue weighted by Crippen LogP contribution is 2.13. The molecule has 0 rings (SSSR count). The second-order valence-corrected chi connectivity index (χ2v) is 18.1. The highest BCUT2D eigenvalue weighted by molar-refractivity contribution is 5.70. The third kappa shape index (κ3) is 48.2. The molecule has 0 aromatic heterocycles. The fraction of sp³-hybridized carbons (Fsp3) is 0.667. The van der Waals surface area contributed by atoms with Gasteiger partial charge in [0.1, 0.15) is 13.2 Å². The number of carboxylic acid groups (broad SMARTS) is 1. The molecule has 9 nitrogen and oxygen atoms in total. The number of unbranched alkanes of at least 4 members (excludes halogenated alkanes) is 15. The van der Waals surface area contributed by atoms with Crippen LogP contribution < -0.4 is 5.11 Å². The van der Waals surface area contributed by atoms with E-state index in [0.29, 0.717) is 17.4 Å². The number of carbonyl (C=O) groups excluding carboxylic acids is 3. The van der Waals surface area contributed by atoms with E-state index in [1.54, 1.807) is 0 Å². The summed E-state index contributed by atoms with van der Waals surface area (Å²) in [5.41, 5.74) is 0. The first-order chi connectivity index (χ1) is 32.1. The van der Waals surface area contributed by atoms with Gasteiger partial charge >= 0.3 is 11.9 Å². The summed E-state index contributed by atoms with van der Waals surface area (Å²) >= 11 is 0. The molecule has 0 heterocycles. The van der Waals surface area contributed by atoms with Crippen molar-refractivity contribution < 1.29 is 42.9 Å². The van der Waals surface area contributed by atoms with Crippen LogP contribution in [0.3, 0.4) is 0 Å². The lowest BCUT2D eigenvalue weighted by Gasteiger charge is -2.26. The summed E-state index contributed by atoms with van der Waals surface area (Å²) in [6.45, 7) is 4.56. The fourth-order valence-electron chi connectivity index (χ4n) is 6.57. The van der Waals surface area contributed by atoms with Gasteiger partial charge in [-0.05, 0) is 96.3 Å². The second kappa shape index (κ2) is 47.7. The SMILES string of the molecule is CC/C=C\C/C=C\C/C=C\C/C=C\C/C=C\C/C=C\CCCCCCC(=O)OC(COC(=O)CCCCCCCCC/C=C\C/C=C\CCCCCC)COC(OCC[N+](C)(C)C)C(=O)[O-]. The van der Waals surface area contributed by atoms with Gasteiger partial charge in [0.25, 0.3) is 0 Å². The van der Waals surface area contributed by atoms with E-state index in [9.17, 15) is 19.5 Å². The van der Waals surface area contributed by atoms with Crippen molar-refractivity contribution in [3.63, 3.8) is 0 Å². The standard InChI is InChI=1S/C57H95NO8/c1-6-8-10-12-14-16-18-20-22-24-26-27-28-29-30-32-34-36-38-40-42-44-46-48-55(60)66-53(52-65-57(56(61)62)63-50-49-58(3,4)5)51-64-54(59)47-45-43-41-39-37-35-33-31-25-23-21-19-17-15-13-11-9-7-2/h8,10,14,16-17,19-20,22-23,25-27,29-30,34,36,53,57H,6-7,9,11-13,15,18,21,24,28,31-33,35,37-52H2,1-5H3/b10-8-,16-14-,19-17-,22-20-,25-23-,27-26-,30-29-,36-34-. The molecular formula is C57H95NO8. The van der Waals surface area contributed by atoms with E-state index < -0.39 is 24.3 Å². The van der Waals surface area contributed by atoms with Crippen molar-refractivity contribution >= 4 is 17.9 Å². The summed E-state index contributed by atoms with van der Waals surface area (Å²) < 4.78 is 22.6. The number of ether oxygens (including phenoxy) is 4. The minimum Gasteiger partial charge on any atom is -0.545 e. The normalized spacial score (nSPS) is 13.7. The first-order valence-electron chi connectivity index (χ1n) is 25.9. The average molecular weight is 922 g/mol. The summed E-state index contributed by atoms with van der Waals surface area (Å²) in [4.78, 5) is 37.2. The molecule has 0 spiro atoms. The molecule has 0 aliphatic heterocycles. The van der Waals surface area contributed by atoms with Crippen LogP contribution in [0, 0.1) is 0 Å². The fourth-order valence-corrected chi connectivity index (χ4v) is 6.57. The number of aliphatic carboxylic acids is 1. The molecule has 0 saturated carbocycles. The largest absolute Gasteiger partial charge is 0.545 e. The van der Waals surface area contributed by atoms with Crippen LogP contribution in [0.2, 0.25) is 0 Å². The van der Waals surface area contributed by atoms with Crippen LogP contribution >= 0.6 is 0 Å². The minimum absolute atomic E-state index is 0.135. The molecule has 0 aliphatic rings. The topological polar surface area (TPSA) is 111 Å². The monoisotopic (exact) mass is 922 g/mol. The lowest BCUT2D eigenvalue weighted by molar-refractivity contribution is -0.870. The zero-order valence-electron chi connectivity index (χ0n) is 42.5. The molecule has 0 saturated heterocycles. The number of allylic oxidation sites excluding steroid dienone is 16. The molecular weight excluding hydrogens is 827 g/mol. The Labute approximate surface area is 403 Å². The lowest BCUT2D eigenvalue weighted by atomic mass is 10.1. The van der Waals surface area contributed by atoms with Crippen LogP contribution in [0.1, 0.15) is 187 Å². The Morgan fingerprint density at radius 3 is 1.29 bits per heavy atom. The number of likely N-dealkylation sites (N-methyl/N-ethyl adjacent to an activating group) is 1. The molecule has 0 aromatic rings. The summed E-state index contributed by atoms with van der Waals surface area (Å²) in [5.74, 6) is -2.34. The predicted molar refractivity (Wildman–Crippen MR) is 274 cm³/mol. The molecule has 0 aromatic carbocycles. The van der Waals surface area contributed by atoms with Gasteiger partial charge in [-0.3, -0.25) is 9.59 Å². The van der Waals surface area contributed by atoms with E-state index in [4.69, 9.17) is 18.9 Å². The maximum absolute atomic E-state index is 12.8. The van der Waals surface area contributed by atoms with E-state index in [0.717, 1.165) is 103 Å². The number of carbonyl (C=O) groups is 3. The number of esters is 2. The van der Waals surface area contributed by atoms with Gasteiger partial charge in [0, 0.05) is 12.8 Å². The highest BCUT2D eigenvalue weighted by Gasteiger charge is 2.21. The summed E-state index contributed by atoms with van der Waals surface area (Å²) in [6, 6.07) is 0. The number of rotatable bonds is 46.